The number of carbonyl (C=O) groups is 1. The highest BCUT2D eigenvalue weighted by Crippen LogP contribution is 2.04. The molecule has 5 nitrogen and oxygen atoms in total. The molecule has 0 aromatic carbocycles. The van der Waals surface area contributed by atoms with Crippen LogP contribution in [0.4, 0.5) is 0 Å². The van der Waals surface area contributed by atoms with E-state index in [1.165, 1.54) is 14.2 Å². The van der Waals surface area contributed by atoms with Gasteiger partial charge in [-0.2, -0.15) is 0 Å². The summed E-state index contributed by atoms with van der Waals surface area (Å²) in [5.41, 5.74) is 5.03. The van der Waals surface area contributed by atoms with E-state index in [2.05, 4.69) is 5.32 Å². The average molecular weight is 162 g/mol. The van der Waals surface area contributed by atoms with E-state index in [1.807, 2.05) is 6.92 Å². The molecular weight excluding hydrogens is 148 g/mol. The average Bonchev–Trinajstić information content (AvgIpc) is 2.00. The van der Waals surface area contributed by atoms with Crippen molar-refractivity contribution in [1.82, 2.24) is 5.32 Å². The van der Waals surface area contributed by atoms with Gasteiger partial charge in [0.2, 0.25) is 0 Å². The number of primary amides is 1. The molecule has 0 aliphatic rings. The Morgan fingerprint density at radius 1 is 1.55 bits per heavy atom. The maximum absolute atomic E-state index is 10.8. The van der Waals surface area contributed by atoms with Crippen LogP contribution in [0.2, 0.25) is 0 Å². The Hall–Kier alpha value is -0.650. The van der Waals surface area contributed by atoms with Crippen molar-refractivity contribution in [3.05, 3.63) is 0 Å². The predicted octanol–water partition coefficient (Wildman–Crippen LogP) is -0.972. The first-order valence-corrected chi connectivity index (χ1v) is 3.28. The number of carbonyl (C=O) groups excluding carboxylic acids is 1. The monoisotopic (exact) mass is 162 g/mol. The lowest BCUT2D eigenvalue weighted by Gasteiger charge is -2.27. The molecule has 0 saturated heterocycles. The molecule has 5 heteroatoms. The Morgan fingerprint density at radius 2 is 2.00 bits per heavy atom. The summed E-state index contributed by atoms with van der Waals surface area (Å²) in [6.45, 7) is 2.35. The maximum Gasteiger partial charge on any atom is 0.310 e. The third-order valence-corrected chi connectivity index (χ3v) is 1.31. The van der Waals surface area contributed by atoms with Crippen LogP contribution in [0.15, 0.2) is 0 Å². The van der Waals surface area contributed by atoms with Crippen molar-refractivity contribution in [3.63, 3.8) is 0 Å². The second kappa shape index (κ2) is 4.27. The fraction of sp³-hybridized carbons (Fsp3) is 0.833. The number of hydrogen-bond acceptors (Lipinski definition) is 4. The summed E-state index contributed by atoms with van der Waals surface area (Å²) in [5.74, 6) is -2.17. The van der Waals surface area contributed by atoms with Crippen molar-refractivity contribution in [2.24, 2.45) is 5.73 Å². The minimum absolute atomic E-state index is 0.532. The number of methoxy groups -OCH3 is 2. The highest BCUT2D eigenvalue weighted by molar-refractivity contribution is 5.81. The van der Waals surface area contributed by atoms with Gasteiger partial charge in [-0.15, -0.1) is 0 Å². The Balaban J connectivity index is 4.32. The predicted molar refractivity (Wildman–Crippen MR) is 39.6 cm³/mol. The van der Waals surface area contributed by atoms with Gasteiger partial charge in [0.25, 0.3) is 5.91 Å². The summed E-state index contributed by atoms with van der Waals surface area (Å²) in [6, 6.07) is 0. The van der Waals surface area contributed by atoms with Gasteiger partial charge in [0, 0.05) is 14.2 Å². The lowest BCUT2D eigenvalue weighted by atomic mass is 10.4. The number of rotatable bonds is 5. The number of likely N-dealkylation sites (N-methyl/N-ethyl adjacent to an activating group) is 1. The van der Waals surface area contributed by atoms with Gasteiger partial charge < -0.3 is 15.2 Å². The number of hydrogen-bond donors (Lipinski definition) is 2. The fourth-order valence-corrected chi connectivity index (χ4v) is 0.749. The molecule has 0 atom stereocenters. The first-order chi connectivity index (χ1) is 5.13. The van der Waals surface area contributed by atoms with E-state index in [4.69, 9.17) is 15.2 Å². The van der Waals surface area contributed by atoms with Crippen molar-refractivity contribution in [3.8, 4) is 0 Å². The molecule has 0 unspecified atom stereocenters. The maximum atomic E-state index is 10.8. The number of ether oxygens (including phenoxy) is 2. The highest BCUT2D eigenvalue weighted by Gasteiger charge is 2.35. The van der Waals surface area contributed by atoms with E-state index in [0.717, 1.165) is 0 Å². The SMILES string of the molecule is CCNC(OC)(OC)C(N)=O. The van der Waals surface area contributed by atoms with Crippen LogP contribution in [0.1, 0.15) is 6.92 Å². The zero-order valence-electron chi connectivity index (χ0n) is 7.01. The van der Waals surface area contributed by atoms with Crippen LogP contribution in [0.25, 0.3) is 0 Å². The Bertz CT molecular complexity index is 134. The second-order valence-corrected chi connectivity index (χ2v) is 1.92. The van der Waals surface area contributed by atoms with E-state index in [9.17, 15) is 4.79 Å². The summed E-state index contributed by atoms with van der Waals surface area (Å²) in [6.07, 6.45) is 0. The summed E-state index contributed by atoms with van der Waals surface area (Å²) >= 11 is 0. The zero-order chi connectivity index (χ0) is 8.91. The van der Waals surface area contributed by atoms with E-state index in [1.54, 1.807) is 0 Å². The molecule has 3 N–H and O–H groups in total. The van der Waals surface area contributed by atoms with Crippen molar-refractivity contribution >= 4 is 5.91 Å². The molecule has 0 aromatic heterocycles. The minimum Gasteiger partial charge on any atom is -0.364 e. The summed E-state index contributed by atoms with van der Waals surface area (Å²) in [5, 5.41) is 2.68. The second-order valence-electron chi connectivity index (χ2n) is 1.92. The van der Waals surface area contributed by atoms with Crippen molar-refractivity contribution in [2.45, 2.75) is 12.8 Å². The summed E-state index contributed by atoms with van der Waals surface area (Å²) in [4.78, 5) is 10.8. The molecule has 0 aliphatic carbocycles. The largest absolute Gasteiger partial charge is 0.364 e. The highest BCUT2D eigenvalue weighted by atomic mass is 16.7. The first kappa shape index (κ1) is 10.3. The molecule has 0 rings (SSSR count). The van der Waals surface area contributed by atoms with Gasteiger partial charge in [-0.1, -0.05) is 6.92 Å². The van der Waals surface area contributed by atoms with Crippen molar-refractivity contribution in [2.75, 3.05) is 20.8 Å². The molecule has 1 amide bonds. The molecule has 66 valence electrons. The first-order valence-electron chi connectivity index (χ1n) is 3.28. The molecule has 0 heterocycles. The van der Waals surface area contributed by atoms with Crippen LogP contribution in [0, 0.1) is 0 Å². The van der Waals surface area contributed by atoms with Gasteiger partial charge in [-0.3, -0.25) is 10.1 Å². The van der Waals surface area contributed by atoms with E-state index >= 15 is 0 Å². The van der Waals surface area contributed by atoms with Crippen LogP contribution >= 0.6 is 0 Å². The lowest BCUT2D eigenvalue weighted by molar-refractivity contribution is -0.220. The number of nitrogens with two attached hydrogens (primary N) is 1. The van der Waals surface area contributed by atoms with Crippen molar-refractivity contribution in [1.29, 1.82) is 0 Å². The van der Waals surface area contributed by atoms with Crippen LogP contribution in [-0.4, -0.2) is 32.6 Å². The number of amides is 1. The molecule has 0 spiro atoms. The van der Waals surface area contributed by atoms with E-state index in [-0.39, 0.29) is 0 Å². The third kappa shape index (κ3) is 2.14. The Kier molecular flexibility index (Phi) is 4.02. The Labute approximate surface area is 65.8 Å². The van der Waals surface area contributed by atoms with E-state index < -0.39 is 11.8 Å². The lowest BCUT2D eigenvalue weighted by Crippen LogP contribution is -2.58. The molecule has 0 fully saturated rings. The van der Waals surface area contributed by atoms with Crippen molar-refractivity contribution < 1.29 is 14.3 Å². The van der Waals surface area contributed by atoms with Gasteiger partial charge in [0.1, 0.15) is 0 Å². The van der Waals surface area contributed by atoms with Gasteiger partial charge in [-0.05, 0) is 6.54 Å². The smallest absolute Gasteiger partial charge is 0.310 e. The van der Waals surface area contributed by atoms with Gasteiger partial charge in [0.05, 0.1) is 0 Å². The summed E-state index contributed by atoms with van der Waals surface area (Å²) in [7, 11) is 2.69. The van der Waals surface area contributed by atoms with Gasteiger partial charge in [-0.25, -0.2) is 0 Å². The van der Waals surface area contributed by atoms with Gasteiger partial charge in [0.15, 0.2) is 0 Å². The molecule has 0 saturated carbocycles. The van der Waals surface area contributed by atoms with Gasteiger partial charge >= 0.3 is 5.91 Å². The van der Waals surface area contributed by atoms with Crippen LogP contribution < -0.4 is 11.1 Å². The normalized spacial score (nSPS) is 11.5. The molecule has 0 bridgehead atoms. The van der Waals surface area contributed by atoms with E-state index in [0.29, 0.717) is 6.54 Å². The quantitative estimate of drug-likeness (QED) is 0.510. The van der Waals surface area contributed by atoms with Crippen LogP contribution in [0.3, 0.4) is 0 Å². The molecule has 11 heavy (non-hydrogen) atoms. The summed E-state index contributed by atoms with van der Waals surface area (Å²) < 4.78 is 9.56. The minimum atomic E-state index is -1.48. The molecular formula is C6H14N2O3. The Morgan fingerprint density at radius 3 is 2.09 bits per heavy atom. The standard InChI is InChI=1S/C6H14N2O3/c1-4-8-6(10-2,11-3)5(7)9/h8H,4H2,1-3H3,(H2,7,9). The molecule has 0 aromatic rings. The topological polar surface area (TPSA) is 73.6 Å². The zero-order valence-corrected chi connectivity index (χ0v) is 7.01. The van der Waals surface area contributed by atoms with Crippen LogP contribution in [0.5, 0.6) is 0 Å². The fourth-order valence-electron chi connectivity index (χ4n) is 0.749. The van der Waals surface area contributed by atoms with Crippen LogP contribution in [-0.2, 0) is 14.3 Å². The number of nitrogens with one attached hydrogen (secondary N) is 1. The molecule has 0 aliphatic heterocycles. The third-order valence-electron chi connectivity index (χ3n) is 1.31. The molecule has 0 radical (unpaired) electrons.